The normalized spacial score (nSPS) is 24.5. The molecule has 0 bridgehead atoms. The van der Waals surface area contributed by atoms with Gasteiger partial charge in [0.2, 0.25) is 5.91 Å². The lowest BCUT2D eigenvalue weighted by atomic mass is 9.85. The number of carbonyl (C=O) groups is 5. The summed E-state index contributed by atoms with van der Waals surface area (Å²) in [6.07, 6.45) is 5.09. The minimum absolute atomic E-state index is 0.0164. The summed E-state index contributed by atoms with van der Waals surface area (Å²) in [6.45, 7) is 1.16. The van der Waals surface area contributed by atoms with E-state index in [-0.39, 0.29) is 61.4 Å². The fraction of sp³-hybridized carbons (Fsp3) is 0.400. The molecule has 11 rings (SSSR count). The zero-order valence-corrected chi connectivity index (χ0v) is 35.8. The first-order valence-electron chi connectivity index (χ1n) is 21.5. The zero-order chi connectivity index (χ0) is 45.2. The van der Waals surface area contributed by atoms with E-state index < -0.39 is 6.09 Å². The molecule has 4 atom stereocenters. The number of aromatic nitrogens is 2. The monoisotopic (exact) mass is 911 g/mol. The van der Waals surface area contributed by atoms with E-state index in [4.69, 9.17) is 35.7 Å². The Balaban J connectivity index is 0.000000156. The van der Waals surface area contributed by atoms with Crippen LogP contribution >= 0.6 is 11.6 Å². The molecule has 65 heavy (non-hydrogen) atoms. The summed E-state index contributed by atoms with van der Waals surface area (Å²) in [5.74, 6) is 2.01. The molecular weight excluding hydrogens is 865 g/mol. The molecule has 4 aromatic rings. The van der Waals surface area contributed by atoms with Gasteiger partial charge >= 0.3 is 6.09 Å². The fourth-order valence-corrected chi connectivity index (χ4v) is 9.67. The van der Waals surface area contributed by atoms with Gasteiger partial charge in [0.1, 0.15) is 23.6 Å². The van der Waals surface area contributed by atoms with Crippen LogP contribution in [0.4, 0.5) is 32.5 Å². The third kappa shape index (κ3) is 9.82. The van der Waals surface area contributed by atoms with Crippen LogP contribution in [0.25, 0.3) is 0 Å². The Morgan fingerprint density at radius 3 is 1.95 bits per heavy atom. The molecule has 3 fully saturated rings. The number of amides is 4. The summed E-state index contributed by atoms with van der Waals surface area (Å²) in [5.41, 5.74) is 4.44. The number of ether oxygens (including phenoxy) is 3. The third-order valence-corrected chi connectivity index (χ3v) is 12.8. The quantitative estimate of drug-likeness (QED) is 0.133. The van der Waals surface area contributed by atoms with Crippen LogP contribution in [-0.2, 0) is 49.6 Å². The standard InChI is InChI=1S/C24H26FN5O3.C20H19ClN4O4.CH2O2/c25-19-3-1-2-13-6-14(9-18(13)19)26-15-7-16(8-15)27-17-10-23(32)30(11-17)21-5-4-20-24(28-21)29-22(31)12-33-20;21-15-3-1-2-11-6-12(7-14(11)15)22-8-13-9-25(20(27)29-13)17-5-4-16-19(23-17)24-18(26)10-28-16;2-1-3/h1-5,14-17,26-27H,6-12H2,(H,28,29,31);1-5,12-13,22H,6-10H2,(H,23,24,26);1H,(H,2,3)/t14?,15?,16?,17-;;/m1../s1. The van der Waals surface area contributed by atoms with Gasteiger partial charge in [-0.15, -0.1) is 0 Å². The van der Waals surface area contributed by atoms with Crippen LogP contribution in [0.15, 0.2) is 60.7 Å². The molecule has 2 saturated heterocycles. The lowest BCUT2D eigenvalue weighted by Crippen LogP contribution is -2.56. The summed E-state index contributed by atoms with van der Waals surface area (Å²) in [5, 5.41) is 23.8. The van der Waals surface area contributed by atoms with E-state index in [0.717, 1.165) is 54.7 Å². The van der Waals surface area contributed by atoms with E-state index in [1.807, 2.05) is 18.2 Å². The number of rotatable bonds is 9. The van der Waals surface area contributed by atoms with Gasteiger partial charge in [0.25, 0.3) is 18.3 Å². The Labute approximate surface area is 377 Å². The molecule has 4 aliphatic heterocycles. The highest BCUT2D eigenvalue weighted by Gasteiger charge is 2.39. The number of pyridine rings is 2. The Hall–Kier alpha value is -6.41. The lowest BCUT2D eigenvalue weighted by Gasteiger charge is -2.39. The summed E-state index contributed by atoms with van der Waals surface area (Å²) in [4.78, 5) is 68.3. The van der Waals surface area contributed by atoms with E-state index in [1.165, 1.54) is 16.0 Å². The number of hydrogen-bond acceptors (Lipinski definition) is 13. The van der Waals surface area contributed by atoms with E-state index >= 15 is 0 Å². The number of halogens is 2. The van der Waals surface area contributed by atoms with Crippen LogP contribution in [-0.4, -0.2) is 115 Å². The van der Waals surface area contributed by atoms with Crippen molar-refractivity contribution in [2.75, 3.05) is 53.3 Å². The summed E-state index contributed by atoms with van der Waals surface area (Å²) in [6, 6.07) is 19.6. The maximum atomic E-state index is 14.0. The average molecular weight is 912 g/mol. The topological polar surface area (TPSA) is 226 Å². The van der Waals surface area contributed by atoms with Crippen molar-refractivity contribution in [3.63, 3.8) is 0 Å². The van der Waals surface area contributed by atoms with Crippen molar-refractivity contribution >= 4 is 65.2 Å². The van der Waals surface area contributed by atoms with Gasteiger partial charge in [-0.25, -0.2) is 19.2 Å². The van der Waals surface area contributed by atoms with Gasteiger partial charge in [0.15, 0.2) is 36.3 Å². The first-order chi connectivity index (χ1) is 31.5. The summed E-state index contributed by atoms with van der Waals surface area (Å²) in [7, 11) is 0. The predicted octanol–water partition coefficient (Wildman–Crippen LogP) is 3.38. The van der Waals surface area contributed by atoms with Gasteiger partial charge in [-0.2, -0.15) is 0 Å². The van der Waals surface area contributed by atoms with E-state index in [1.54, 1.807) is 41.3 Å². The number of hydrogen-bond donors (Lipinski definition) is 6. The number of fused-ring (bicyclic) bond motifs is 4. The summed E-state index contributed by atoms with van der Waals surface area (Å²) >= 11 is 6.28. The van der Waals surface area contributed by atoms with Crippen LogP contribution < -0.4 is 45.9 Å². The SMILES string of the molecule is O=C1COc2ccc(N3CC(CNC4Cc5cccc(Cl)c5C4)OC3=O)nc2N1.O=C1COc2ccc(N3C[C@H](NC4CC(NC5Cc6cccc(F)c6C5)C4)CC3=O)nc2N1.O=CO. The first kappa shape index (κ1) is 43.8. The second-order valence-corrected chi connectivity index (χ2v) is 17.3. The van der Waals surface area contributed by atoms with Crippen LogP contribution in [0.2, 0.25) is 5.02 Å². The van der Waals surface area contributed by atoms with Gasteiger partial charge in [0, 0.05) is 54.7 Å². The third-order valence-electron chi connectivity index (χ3n) is 12.5. The van der Waals surface area contributed by atoms with Crippen LogP contribution in [0.3, 0.4) is 0 Å². The van der Waals surface area contributed by atoms with E-state index in [9.17, 15) is 23.6 Å². The van der Waals surface area contributed by atoms with Gasteiger partial charge in [-0.1, -0.05) is 35.9 Å². The molecule has 18 nitrogen and oxygen atoms in total. The van der Waals surface area contributed by atoms with Crippen LogP contribution in [0.5, 0.6) is 11.5 Å². The van der Waals surface area contributed by atoms with E-state index in [2.05, 4.69) is 42.6 Å². The molecule has 6 heterocycles. The molecule has 3 aliphatic carbocycles. The molecular formula is C45H47ClFN9O9. The molecule has 6 N–H and O–H groups in total. The van der Waals surface area contributed by atoms with Crippen LogP contribution in [0, 0.1) is 5.82 Å². The Kier molecular flexibility index (Phi) is 12.8. The van der Waals surface area contributed by atoms with Crippen molar-refractivity contribution in [3.05, 3.63) is 93.8 Å². The molecule has 2 aromatic carbocycles. The second kappa shape index (κ2) is 19.0. The number of carboxylic acid groups (broad SMARTS) is 1. The molecule has 20 heteroatoms. The van der Waals surface area contributed by atoms with Crippen molar-refractivity contribution < 1.29 is 47.7 Å². The Morgan fingerprint density at radius 2 is 1.31 bits per heavy atom. The molecule has 340 valence electrons. The second-order valence-electron chi connectivity index (χ2n) is 16.9. The van der Waals surface area contributed by atoms with Crippen molar-refractivity contribution in [2.24, 2.45) is 0 Å². The van der Waals surface area contributed by atoms with Gasteiger partial charge in [-0.05, 0) is 97.2 Å². The highest BCUT2D eigenvalue weighted by Crippen LogP contribution is 2.34. The van der Waals surface area contributed by atoms with Crippen molar-refractivity contribution in [1.82, 2.24) is 25.9 Å². The molecule has 2 aromatic heterocycles. The van der Waals surface area contributed by atoms with Gasteiger partial charge in [-0.3, -0.25) is 29.0 Å². The average Bonchev–Trinajstić information content (AvgIpc) is 4.07. The highest BCUT2D eigenvalue weighted by molar-refractivity contribution is 6.31. The zero-order valence-electron chi connectivity index (χ0n) is 35.1. The minimum atomic E-state index is -0.454. The number of carbonyl (C=O) groups excluding carboxylic acids is 4. The molecule has 0 spiro atoms. The number of nitrogens with one attached hydrogen (secondary N) is 5. The summed E-state index contributed by atoms with van der Waals surface area (Å²) < 4.78 is 30.1. The largest absolute Gasteiger partial charge is 0.483 e. The predicted molar refractivity (Wildman–Crippen MR) is 235 cm³/mol. The molecule has 3 unspecified atom stereocenters. The Bertz CT molecular complexity index is 2510. The fourth-order valence-electron chi connectivity index (χ4n) is 9.39. The highest BCUT2D eigenvalue weighted by atomic mass is 35.5. The maximum absolute atomic E-state index is 14.0. The van der Waals surface area contributed by atoms with Crippen molar-refractivity contribution in [2.45, 2.75) is 81.3 Å². The van der Waals surface area contributed by atoms with E-state index in [0.29, 0.717) is 79.0 Å². The first-order valence-corrected chi connectivity index (χ1v) is 21.9. The molecule has 0 radical (unpaired) electrons. The van der Waals surface area contributed by atoms with Gasteiger partial charge < -0.3 is 45.9 Å². The number of anilines is 4. The molecule has 1 saturated carbocycles. The van der Waals surface area contributed by atoms with Crippen LogP contribution in [0.1, 0.15) is 41.5 Å². The molecule has 7 aliphatic rings. The van der Waals surface area contributed by atoms with Crippen molar-refractivity contribution in [3.8, 4) is 11.5 Å². The van der Waals surface area contributed by atoms with Gasteiger partial charge in [0.05, 0.1) is 6.54 Å². The lowest BCUT2D eigenvalue weighted by molar-refractivity contribution is -0.123. The van der Waals surface area contributed by atoms with Crippen molar-refractivity contribution in [1.29, 1.82) is 0 Å². The molecule has 4 amide bonds. The Morgan fingerprint density at radius 1 is 0.723 bits per heavy atom. The minimum Gasteiger partial charge on any atom is -0.483 e. The number of nitrogens with zero attached hydrogens (tertiary/aromatic N) is 4. The maximum Gasteiger partial charge on any atom is 0.416 e. The number of benzene rings is 2. The number of cyclic esters (lactones) is 1. The smallest absolute Gasteiger partial charge is 0.416 e.